The smallest absolute Gasteiger partial charge is 0.266 e. The van der Waals surface area contributed by atoms with Crippen molar-refractivity contribution < 1.29 is 8.42 Å². The Morgan fingerprint density at radius 3 is 2.08 bits per heavy atom. The zero-order valence-electron chi connectivity index (χ0n) is 21.1. The number of fused-ring (bicyclic) bond motifs is 1. The van der Waals surface area contributed by atoms with Crippen LogP contribution in [0.5, 0.6) is 0 Å². The SMILES string of the molecule is Cc1ccc(-n2c(C(C)N(CC(C)C)S(=O)(=O)c3ccc(C)cc3)nc3cc(Cl)ccc3c2=O)cc1. The van der Waals surface area contributed by atoms with E-state index < -0.39 is 16.1 Å². The van der Waals surface area contributed by atoms with Crippen molar-refractivity contribution in [2.24, 2.45) is 5.92 Å². The number of sulfonamides is 1. The third-order valence-corrected chi connectivity index (χ3v) is 8.31. The molecule has 3 aromatic carbocycles. The molecule has 0 aliphatic carbocycles. The Kier molecular flexibility index (Phi) is 7.36. The lowest BCUT2D eigenvalue weighted by Crippen LogP contribution is -2.39. The largest absolute Gasteiger partial charge is 0.268 e. The van der Waals surface area contributed by atoms with Gasteiger partial charge < -0.3 is 0 Å². The molecule has 1 aromatic heterocycles. The first-order valence-electron chi connectivity index (χ1n) is 11.9. The fraction of sp³-hybridized carbons (Fsp3) is 0.286. The number of hydrogen-bond donors (Lipinski definition) is 0. The third-order valence-electron chi connectivity index (χ3n) is 6.13. The molecule has 0 N–H and O–H groups in total. The summed E-state index contributed by atoms with van der Waals surface area (Å²) in [5.41, 5.74) is 2.78. The Balaban J connectivity index is 1.98. The topological polar surface area (TPSA) is 72.3 Å². The Morgan fingerprint density at radius 1 is 0.917 bits per heavy atom. The summed E-state index contributed by atoms with van der Waals surface area (Å²) in [4.78, 5) is 18.8. The molecule has 0 saturated carbocycles. The highest BCUT2D eigenvalue weighted by Gasteiger charge is 2.33. The molecule has 0 aliphatic heterocycles. The molecule has 1 atom stereocenters. The summed E-state index contributed by atoms with van der Waals surface area (Å²) >= 11 is 6.22. The van der Waals surface area contributed by atoms with Crippen LogP contribution in [0, 0.1) is 19.8 Å². The highest BCUT2D eigenvalue weighted by atomic mass is 35.5. The average Bonchev–Trinajstić information content (AvgIpc) is 2.82. The molecule has 0 saturated heterocycles. The first-order chi connectivity index (χ1) is 17.0. The van der Waals surface area contributed by atoms with Crippen molar-refractivity contribution in [2.75, 3.05) is 6.54 Å². The Hall–Kier alpha value is -3.00. The first kappa shape index (κ1) is 26.1. The van der Waals surface area contributed by atoms with Gasteiger partial charge in [0.05, 0.1) is 27.5 Å². The Morgan fingerprint density at radius 2 is 1.50 bits per heavy atom. The highest BCUT2D eigenvalue weighted by Crippen LogP contribution is 2.30. The van der Waals surface area contributed by atoms with Crippen molar-refractivity contribution in [3.8, 4) is 5.69 Å². The minimum Gasteiger partial charge on any atom is -0.268 e. The minimum atomic E-state index is -3.89. The molecule has 0 bridgehead atoms. The number of aryl methyl sites for hydroxylation is 2. The summed E-state index contributed by atoms with van der Waals surface area (Å²) in [5, 5.41) is 0.861. The van der Waals surface area contributed by atoms with Crippen molar-refractivity contribution >= 4 is 32.5 Å². The van der Waals surface area contributed by atoms with Crippen LogP contribution in [-0.2, 0) is 10.0 Å². The molecule has 1 unspecified atom stereocenters. The number of nitrogens with zero attached hydrogens (tertiary/aromatic N) is 3. The maximum Gasteiger partial charge on any atom is 0.266 e. The van der Waals surface area contributed by atoms with Crippen LogP contribution in [-0.4, -0.2) is 28.8 Å². The van der Waals surface area contributed by atoms with Gasteiger partial charge in [-0.1, -0.05) is 60.8 Å². The molecule has 0 spiro atoms. The van der Waals surface area contributed by atoms with Gasteiger partial charge in [-0.15, -0.1) is 0 Å². The van der Waals surface area contributed by atoms with Crippen LogP contribution in [0.15, 0.2) is 76.4 Å². The lowest BCUT2D eigenvalue weighted by Gasteiger charge is -2.31. The van der Waals surface area contributed by atoms with Gasteiger partial charge in [-0.2, -0.15) is 4.31 Å². The van der Waals surface area contributed by atoms with Gasteiger partial charge >= 0.3 is 0 Å². The van der Waals surface area contributed by atoms with E-state index in [0.717, 1.165) is 11.1 Å². The molecule has 8 heteroatoms. The van der Waals surface area contributed by atoms with Crippen molar-refractivity contribution in [1.82, 2.24) is 13.9 Å². The van der Waals surface area contributed by atoms with E-state index in [2.05, 4.69) is 0 Å². The van der Waals surface area contributed by atoms with Crippen molar-refractivity contribution in [3.63, 3.8) is 0 Å². The van der Waals surface area contributed by atoms with Crippen LogP contribution in [0.1, 0.15) is 43.8 Å². The number of aromatic nitrogens is 2. The van der Waals surface area contributed by atoms with Gasteiger partial charge in [-0.3, -0.25) is 9.36 Å². The van der Waals surface area contributed by atoms with Crippen LogP contribution >= 0.6 is 11.6 Å². The van der Waals surface area contributed by atoms with E-state index in [1.165, 1.54) is 8.87 Å². The summed E-state index contributed by atoms with van der Waals surface area (Å²) in [6, 6.07) is 18.5. The zero-order valence-corrected chi connectivity index (χ0v) is 22.6. The minimum absolute atomic E-state index is 0.0436. The highest BCUT2D eigenvalue weighted by molar-refractivity contribution is 7.89. The second-order valence-corrected chi connectivity index (χ2v) is 11.9. The Labute approximate surface area is 217 Å². The van der Waals surface area contributed by atoms with Crippen LogP contribution in [0.4, 0.5) is 0 Å². The molecule has 0 aliphatic rings. The summed E-state index contributed by atoms with van der Waals surface area (Å²) in [6.07, 6.45) is 0. The van der Waals surface area contributed by atoms with Gasteiger partial charge in [-0.25, -0.2) is 13.4 Å². The fourth-order valence-corrected chi connectivity index (χ4v) is 6.12. The molecule has 0 amide bonds. The normalized spacial score (nSPS) is 13.0. The van der Waals surface area contributed by atoms with Crippen molar-refractivity contribution in [3.05, 3.63) is 99.1 Å². The number of rotatable bonds is 7. The number of benzene rings is 3. The maximum absolute atomic E-state index is 13.9. The second kappa shape index (κ2) is 10.2. The molecule has 0 radical (unpaired) electrons. The molecule has 1 heterocycles. The molecular formula is C28H30ClN3O3S. The van der Waals surface area contributed by atoms with E-state index >= 15 is 0 Å². The van der Waals surface area contributed by atoms with Crippen molar-refractivity contribution in [2.45, 2.75) is 45.6 Å². The average molecular weight is 524 g/mol. The van der Waals surface area contributed by atoms with E-state index in [1.807, 2.05) is 52.0 Å². The Bertz CT molecular complexity index is 1560. The first-order valence-corrected chi connectivity index (χ1v) is 13.7. The predicted octanol–water partition coefficient (Wildman–Crippen LogP) is 6.06. The van der Waals surface area contributed by atoms with Crippen LogP contribution in [0.2, 0.25) is 5.02 Å². The van der Waals surface area contributed by atoms with Gasteiger partial charge in [0.15, 0.2) is 0 Å². The lowest BCUT2D eigenvalue weighted by atomic mass is 10.1. The molecular weight excluding hydrogens is 494 g/mol. The third kappa shape index (κ3) is 5.09. The van der Waals surface area contributed by atoms with Crippen LogP contribution in [0.3, 0.4) is 0 Å². The summed E-state index contributed by atoms with van der Waals surface area (Å²) in [6.45, 7) is 9.84. The van der Waals surface area contributed by atoms with Gasteiger partial charge in [-0.05, 0) is 69.2 Å². The van der Waals surface area contributed by atoms with Crippen LogP contribution in [0.25, 0.3) is 16.6 Å². The number of hydrogen-bond acceptors (Lipinski definition) is 4. The van der Waals surface area contributed by atoms with Crippen molar-refractivity contribution in [1.29, 1.82) is 0 Å². The van der Waals surface area contributed by atoms with Gasteiger partial charge in [0, 0.05) is 11.6 Å². The quantitative estimate of drug-likeness (QED) is 0.295. The van der Waals surface area contributed by atoms with Gasteiger partial charge in [0.1, 0.15) is 5.82 Å². The molecule has 0 fully saturated rings. The monoisotopic (exact) mass is 523 g/mol. The van der Waals surface area contributed by atoms with E-state index in [9.17, 15) is 13.2 Å². The van der Waals surface area contributed by atoms with Gasteiger partial charge in [0.25, 0.3) is 5.56 Å². The lowest BCUT2D eigenvalue weighted by molar-refractivity contribution is 0.296. The maximum atomic E-state index is 13.9. The fourth-order valence-electron chi connectivity index (χ4n) is 4.20. The molecule has 6 nitrogen and oxygen atoms in total. The van der Waals surface area contributed by atoms with E-state index in [-0.39, 0.29) is 22.9 Å². The molecule has 188 valence electrons. The molecule has 36 heavy (non-hydrogen) atoms. The zero-order chi connectivity index (χ0) is 26.2. The van der Waals surface area contributed by atoms with E-state index in [0.29, 0.717) is 27.4 Å². The predicted molar refractivity (Wildman–Crippen MR) is 145 cm³/mol. The standard InChI is InChI=1S/C28H30ClN3O3S/c1-18(2)17-31(36(34,35)24-13-8-20(4)9-14-24)21(5)27-30-26-16-22(29)10-15-25(26)28(33)32(27)23-11-6-19(3)7-12-23/h6-16,18,21H,17H2,1-5H3. The second-order valence-electron chi connectivity index (χ2n) is 9.57. The summed E-state index contributed by atoms with van der Waals surface area (Å²) in [5.74, 6) is 0.372. The molecule has 4 rings (SSSR count). The molecule has 4 aromatic rings. The van der Waals surface area contributed by atoms with Gasteiger partial charge in [0.2, 0.25) is 10.0 Å². The van der Waals surface area contributed by atoms with Crippen LogP contribution < -0.4 is 5.56 Å². The number of halogens is 1. The van der Waals surface area contributed by atoms with E-state index in [4.69, 9.17) is 16.6 Å². The summed E-state index contributed by atoms with van der Waals surface area (Å²) < 4.78 is 30.7. The van der Waals surface area contributed by atoms with E-state index in [1.54, 1.807) is 49.4 Å². The summed E-state index contributed by atoms with van der Waals surface area (Å²) in [7, 11) is -3.89.